The third-order valence-corrected chi connectivity index (χ3v) is 11.7. The minimum Gasteiger partial charge on any atom is -0.225 e. The van der Waals surface area contributed by atoms with Crippen LogP contribution in [0.25, 0.3) is 39.2 Å². The lowest BCUT2D eigenvalue weighted by molar-refractivity contribution is -0.633. The number of benzene rings is 4. The van der Waals surface area contributed by atoms with Gasteiger partial charge < -0.3 is 0 Å². The van der Waals surface area contributed by atoms with E-state index in [0.29, 0.717) is 10.8 Å². The molecular formula is C41H45N2+. The standard InChI is InChI=1S/C41H45N2/c1-30-15-5-6-16-32(30)39-42(2)37-19-9-10-20-38(37)43(39)36-18-8-7-17-33(36)31-21-22-34-35(29-31)41(25-13-4-14-26-41)28-27-40(34)23-11-3-12-24-40/h5-10,15-22,29H,3-4,11-14,23-28H2,1-2H3/q+1. The second-order valence-electron chi connectivity index (χ2n) is 14.0. The van der Waals surface area contributed by atoms with Crippen LogP contribution in [0.1, 0.15) is 93.7 Å². The second kappa shape index (κ2) is 10.5. The summed E-state index contributed by atoms with van der Waals surface area (Å²) in [6, 6.07) is 34.6. The smallest absolute Gasteiger partial charge is 0.225 e. The molecule has 0 bridgehead atoms. The van der Waals surface area contributed by atoms with Crippen molar-refractivity contribution in [2.24, 2.45) is 7.05 Å². The highest BCUT2D eigenvalue weighted by Crippen LogP contribution is 2.57. The van der Waals surface area contributed by atoms with Gasteiger partial charge in [0, 0.05) is 5.56 Å². The number of nitrogens with zero attached hydrogens (tertiary/aromatic N) is 2. The fourth-order valence-corrected chi connectivity index (χ4v) is 9.45. The molecule has 2 heteroatoms. The fourth-order valence-electron chi connectivity index (χ4n) is 9.45. The SMILES string of the molecule is Cc1ccccc1-c1n(-c2ccccc2-c2ccc3c(c2)C2(CCCCC2)CCC32CCCCC2)c2ccccc2[n+]1C. The number of aromatic nitrogens is 2. The Morgan fingerprint density at radius 2 is 1.19 bits per heavy atom. The van der Waals surface area contributed by atoms with E-state index in [1.807, 2.05) is 0 Å². The summed E-state index contributed by atoms with van der Waals surface area (Å²) in [6.07, 6.45) is 16.7. The Morgan fingerprint density at radius 3 is 1.91 bits per heavy atom. The van der Waals surface area contributed by atoms with Gasteiger partial charge in [0.15, 0.2) is 11.0 Å². The molecule has 4 aromatic carbocycles. The fraction of sp³-hybridized carbons (Fsp3) is 0.390. The lowest BCUT2D eigenvalue weighted by Crippen LogP contribution is -2.42. The second-order valence-corrected chi connectivity index (χ2v) is 14.0. The van der Waals surface area contributed by atoms with Crippen LogP contribution in [0.3, 0.4) is 0 Å². The first-order valence-electron chi connectivity index (χ1n) is 16.9. The van der Waals surface area contributed by atoms with E-state index in [-0.39, 0.29) is 0 Å². The Balaban J connectivity index is 1.36. The van der Waals surface area contributed by atoms with Crippen LogP contribution in [0, 0.1) is 6.92 Å². The predicted octanol–water partition coefficient (Wildman–Crippen LogP) is 10.3. The van der Waals surface area contributed by atoms with Crippen molar-refractivity contribution in [3.05, 3.63) is 108 Å². The number of hydrogen-bond donors (Lipinski definition) is 0. The average molecular weight is 566 g/mol. The molecule has 1 heterocycles. The van der Waals surface area contributed by atoms with Crippen molar-refractivity contribution in [1.82, 2.24) is 4.57 Å². The third-order valence-electron chi connectivity index (χ3n) is 11.7. The maximum absolute atomic E-state index is 2.67. The molecule has 2 saturated carbocycles. The monoisotopic (exact) mass is 565 g/mol. The molecule has 218 valence electrons. The van der Waals surface area contributed by atoms with Gasteiger partial charge >= 0.3 is 0 Å². The van der Waals surface area contributed by atoms with Gasteiger partial charge in [0.05, 0.1) is 12.6 Å². The molecule has 0 aliphatic heterocycles. The van der Waals surface area contributed by atoms with Crippen molar-refractivity contribution in [3.63, 3.8) is 0 Å². The van der Waals surface area contributed by atoms with Crippen molar-refractivity contribution >= 4 is 11.0 Å². The highest BCUT2D eigenvalue weighted by atomic mass is 15.2. The molecule has 1 aromatic heterocycles. The zero-order valence-corrected chi connectivity index (χ0v) is 26.0. The van der Waals surface area contributed by atoms with Gasteiger partial charge in [-0.25, -0.2) is 4.57 Å². The van der Waals surface area contributed by atoms with Crippen LogP contribution >= 0.6 is 0 Å². The van der Waals surface area contributed by atoms with E-state index in [4.69, 9.17) is 0 Å². The Bertz CT molecular complexity index is 1810. The van der Waals surface area contributed by atoms with Crippen LogP contribution in [0.2, 0.25) is 0 Å². The van der Waals surface area contributed by atoms with Crippen molar-refractivity contribution in [2.75, 3.05) is 0 Å². The van der Waals surface area contributed by atoms with E-state index in [0.717, 1.165) is 0 Å². The van der Waals surface area contributed by atoms with Crippen LogP contribution in [-0.2, 0) is 17.9 Å². The summed E-state index contributed by atoms with van der Waals surface area (Å²) in [4.78, 5) is 0. The minimum absolute atomic E-state index is 0.375. The summed E-state index contributed by atoms with van der Waals surface area (Å²) in [5.74, 6) is 1.23. The Kier molecular flexibility index (Phi) is 6.58. The molecule has 3 aliphatic carbocycles. The first-order chi connectivity index (χ1) is 21.1. The predicted molar refractivity (Wildman–Crippen MR) is 179 cm³/mol. The Morgan fingerprint density at radius 1 is 0.581 bits per heavy atom. The van der Waals surface area contributed by atoms with Crippen LogP contribution in [0.15, 0.2) is 91.0 Å². The van der Waals surface area contributed by atoms with E-state index >= 15 is 0 Å². The maximum atomic E-state index is 2.67. The lowest BCUT2D eigenvalue weighted by atomic mass is 9.53. The summed E-state index contributed by atoms with van der Waals surface area (Å²) < 4.78 is 4.90. The minimum atomic E-state index is 0.375. The number of fused-ring (bicyclic) bond motifs is 4. The molecular weight excluding hydrogens is 520 g/mol. The van der Waals surface area contributed by atoms with Crippen LogP contribution < -0.4 is 4.57 Å². The van der Waals surface area contributed by atoms with Gasteiger partial charge in [-0.05, 0) is 103 Å². The van der Waals surface area contributed by atoms with Crippen LogP contribution in [0.4, 0.5) is 0 Å². The molecule has 0 unspecified atom stereocenters. The molecule has 2 spiro atoms. The van der Waals surface area contributed by atoms with Gasteiger partial charge in [0.25, 0.3) is 5.82 Å². The summed E-state index contributed by atoms with van der Waals surface area (Å²) in [6.45, 7) is 2.23. The van der Waals surface area contributed by atoms with Gasteiger partial charge in [-0.3, -0.25) is 0 Å². The summed E-state index contributed by atoms with van der Waals surface area (Å²) in [7, 11) is 2.22. The molecule has 0 radical (unpaired) electrons. The highest BCUT2D eigenvalue weighted by Gasteiger charge is 2.47. The van der Waals surface area contributed by atoms with Gasteiger partial charge in [-0.15, -0.1) is 0 Å². The third kappa shape index (κ3) is 4.24. The largest absolute Gasteiger partial charge is 0.295 e. The van der Waals surface area contributed by atoms with E-state index in [1.165, 1.54) is 122 Å². The molecule has 8 rings (SSSR count). The van der Waals surface area contributed by atoms with Crippen molar-refractivity contribution < 1.29 is 4.57 Å². The van der Waals surface area contributed by atoms with Crippen molar-refractivity contribution in [1.29, 1.82) is 0 Å². The number of para-hydroxylation sites is 3. The van der Waals surface area contributed by atoms with E-state index in [9.17, 15) is 0 Å². The lowest BCUT2D eigenvalue weighted by Gasteiger charge is -2.51. The molecule has 43 heavy (non-hydrogen) atoms. The van der Waals surface area contributed by atoms with Crippen molar-refractivity contribution in [2.45, 2.75) is 94.8 Å². The van der Waals surface area contributed by atoms with E-state index in [1.54, 1.807) is 11.1 Å². The first-order valence-corrected chi connectivity index (χ1v) is 16.9. The van der Waals surface area contributed by atoms with E-state index in [2.05, 4.69) is 114 Å². The van der Waals surface area contributed by atoms with E-state index < -0.39 is 0 Å². The van der Waals surface area contributed by atoms with Gasteiger partial charge in [0.1, 0.15) is 5.69 Å². The molecule has 0 saturated heterocycles. The summed E-state index contributed by atoms with van der Waals surface area (Å²) in [5.41, 5.74) is 13.3. The molecule has 2 fully saturated rings. The zero-order chi connectivity index (χ0) is 29.0. The molecule has 0 atom stereocenters. The normalized spacial score (nSPS) is 19.1. The molecule has 5 aromatic rings. The van der Waals surface area contributed by atoms with Gasteiger partial charge in [0.2, 0.25) is 0 Å². The molecule has 0 N–H and O–H groups in total. The van der Waals surface area contributed by atoms with Crippen LogP contribution in [-0.4, -0.2) is 4.57 Å². The average Bonchev–Trinajstić information content (AvgIpc) is 3.36. The quantitative estimate of drug-likeness (QED) is 0.192. The summed E-state index contributed by atoms with van der Waals surface area (Å²) in [5, 5.41) is 0. The molecule has 2 nitrogen and oxygen atoms in total. The topological polar surface area (TPSA) is 8.81 Å². The number of hydrogen-bond acceptors (Lipinski definition) is 0. The maximum Gasteiger partial charge on any atom is 0.295 e. The van der Waals surface area contributed by atoms with Gasteiger partial charge in [-0.1, -0.05) is 105 Å². The molecule has 0 amide bonds. The Labute approximate surface area is 257 Å². The van der Waals surface area contributed by atoms with Gasteiger partial charge in [-0.2, -0.15) is 4.57 Å². The molecule has 3 aliphatic rings. The number of imidazole rings is 1. The highest BCUT2D eigenvalue weighted by molar-refractivity contribution is 5.84. The zero-order valence-electron chi connectivity index (χ0n) is 26.0. The van der Waals surface area contributed by atoms with Crippen molar-refractivity contribution in [3.8, 4) is 28.2 Å². The summed E-state index contributed by atoms with van der Waals surface area (Å²) >= 11 is 0. The van der Waals surface area contributed by atoms with Crippen LogP contribution in [0.5, 0.6) is 0 Å². The first kappa shape index (κ1) is 26.9. The Hall–Kier alpha value is -3.65. The number of rotatable bonds is 3. The number of aryl methyl sites for hydroxylation is 2.